The molecule has 10 N–H and O–H groups in total. The van der Waals surface area contributed by atoms with Crippen LogP contribution >= 0.6 is 74.6 Å². The Morgan fingerprint density at radius 2 is 1.05 bits per heavy atom. The molecule has 0 aliphatic carbocycles. The molecule has 0 fully saturated rings. The van der Waals surface area contributed by atoms with E-state index in [0.717, 1.165) is 40.7 Å². The maximum atomic E-state index is 12.7. The molecular weight excluding hydrogens is 1380 g/mol. The number of thiocarbonyl (C=S) groups is 1. The summed E-state index contributed by atoms with van der Waals surface area (Å²) in [6, 6.07) is 27.5. The highest BCUT2D eigenvalue weighted by Gasteiger charge is 2.30. The molecule has 1 aliphatic heterocycles. The Balaban J connectivity index is -0.000000214. The number of ether oxygens (including phenoxy) is 1. The molecule has 7 rings (SSSR count). The lowest BCUT2D eigenvalue weighted by Gasteiger charge is -2.29. The van der Waals surface area contributed by atoms with Crippen LogP contribution in [0.4, 0.5) is 22.0 Å². The number of para-hydroxylation sites is 2. The van der Waals surface area contributed by atoms with E-state index >= 15 is 0 Å². The number of benzene rings is 2. The molecule has 5 heterocycles. The van der Waals surface area contributed by atoms with Gasteiger partial charge in [0, 0.05) is 39.5 Å². The number of carbonyl (C=O) groups is 1. The molecule has 2 aromatic carbocycles. The summed E-state index contributed by atoms with van der Waals surface area (Å²) >= 11 is 15.1. The fourth-order valence-electron chi connectivity index (χ4n) is 4.95. The van der Waals surface area contributed by atoms with Gasteiger partial charge in [-0.05, 0) is 150 Å². The van der Waals surface area contributed by atoms with Crippen molar-refractivity contribution in [2.45, 2.75) is 119 Å². The number of nitrogens with two attached hydrogens (primary N) is 3. The van der Waals surface area contributed by atoms with E-state index in [0.29, 0.717) is 22.9 Å². The number of dihydropyridines is 1. The van der Waals surface area contributed by atoms with E-state index in [1.165, 1.54) is 30.3 Å². The molecule has 1 atom stereocenters. The second-order valence-corrected chi connectivity index (χ2v) is 31.5. The first kappa shape index (κ1) is 91.2. The van der Waals surface area contributed by atoms with Crippen LogP contribution in [-0.2, 0) is 28.4 Å². The number of halogens is 8. The zero-order valence-corrected chi connectivity index (χ0v) is 54.3. The number of quaternary nitrogens is 1. The molecule has 0 saturated carbocycles. The number of allylic oxidation sites excluding steroid dienone is 1. The minimum absolute atomic E-state index is 0. The second kappa shape index (κ2) is 43.6. The molecule has 4 aromatic heterocycles. The first-order chi connectivity index (χ1) is 36.5. The minimum atomic E-state index is -4.07. The first-order valence-electron chi connectivity index (χ1n) is 22.5. The van der Waals surface area contributed by atoms with E-state index in [9.17, 15) is 48.1 Å². The molecule has 0 radical (unpaired) electrons. The van der Waals surface area contributed by atoms with Gasteiger partial charge in [-0.2, -0.15) is 0 Å². The first-order valence-corrected chi connectivity index (χ1v) is 33.9. The van der Waals surface area contributed by atoms with Crippen LogP contribution in [0, 0.1) is 44.0 Å². The van der Waals surface area contributed by atoms with Crippen LogP contribution in [0.25, 0.3) is 6.15 Å². The van der Waals surface area contributed by atoms with Crippen molar-refractivity contribution in [1.82, 2.24) is 26.1 Å². The van der Waals surface area contributed by atoms with Crippen molar-refractivity contribution < 1.29 is 61.9 Å². The van der Waals surface area contributed by atoms with Gasteiger partial charge in [0.1, 0.15) is 32.9 Å². The van der Waals surface area contributed by atoms with Gasteiger partial charge in [-0.1, -0.05) is 113 Å². The monoisotopic (exact) mass is 1460 g/mol. The van der Waals surface area contributed by atoms with Crippen LogP contribution in [-0.4, -0.2) is 67.3 Å². The molecule has 1 aliphatic rings. The maximum Gasteiger partial charge on any atom is 0.510 e. The van der Waals surface area contributed by atoms with Crippen molar-refractivity contribution in [3.05, 3.63) is 177 Å². The fourth-order valence-corrected chi connectivity index (χ4v) is 9.58. The summed E-state index contributed by atoms with van der Waals surface area (Å²) in [5, 5.41) is 3.27. The van der Waals surface area contributed by atoms with Crippen LogP contribution in [0.3, 0.4) is 0 Å². The maximum absolute atomic E-state index is 12.7. The summed E-state index contributed by atoms with van der Waals surface area (Å²) in [6.45, 7) is 18.4. The normalized spacial score (nSPS) is 11.9. The fraction of sp³-hybridized carbons (Fsp3) is 0.302. The molecule has 0 saturated heterocycles. The van der Waals surface area contributed by atoms with Crippen molar-refractivity contribution in [3.8, 4) is 17.4 Å². The molecule has 18 nitrogen and oxygen atoms in total. The predicted molar refractivity (Wildman–Crippen MR) is 352 cm³/mol. The zero-order chi connectivity index (χ0) is 60.5. The average Bonchev–Trinajstić information content (AvgIpc) is 3.42. The topological polar surface area (TPSA) is 316 Å². The van der Waals surface area contributed by atoms with Crippen LogP contribution in [0.2, 0.25) is 17.6 Å². The lowest BCUT2D eigenvalue weighted by Crippen LogP contribution is -2.30. The van der Waals surface area contributed by atoms with Gasteiger partial charge in [0.05, 0.1) is 0 Å². The summed E-state index contributed by atoms with van der Waals surface area (Å²) in [5.41, 5.74) is 9.46. The Bertz CT molecular complexity index is 3180. The molecule has 32 heteroatoms. The predicted octanol–water partition coefficient (Wildman–Crippen LogP) is 17.3. The summed E-state index contributed by atoms with van der Waals surface area (Å²) in [5.74, 6) is -1.79. The third-order valence-electron chi connectivity index (χ3n) is 9.61. The van der Waals surface area contributed by atoms with Gasteiger partial charge in [-0.15, -0.1) is 0 Å². The quantitative estimate of drug-likeness (QED) is 0.0145. The van der Waals surface area contributed by atoms with Crippen molar-refractivity contribution in [3.63, 3.8) is 0 Å². The van der Waals surface area contributed by atoms with Crippen LogP contribution in [0.5, 0.6) is 17.4 Å². The molecule has 6 aromatic rings. The Morgan fingerprint density at radius 3 is 1.34 bits per heavy atom. The molecule has 1 unspecified atom stereocenters. The van der Waals surface area contributed by atoms with Gasteiger partial charge in [0.15, 0.2) is 29.4 Å². The average molecular weight is 1460 g/mol. The number of aromatic nitrogens is 4. The van der Waals surface area contributed by atoms with E-state index < -0.39 is 67.7 Å². The number of pyridine rings is 4. The Kier molecular flexibility index (Phi) is 46.8. The number of sulfonamides is 1. The van der Waals surface area contributed by atoms with Crippen LogP contribution < -0.4 is 30.6 Å². The van der Waals surface area contributed by atoms with Gasteiger partial charge in [-0.25, -0.2) is 91.0 Å². The van der Waals surface area contributed by atoms with Crippen molar-refractivity contribution in [2.75, 3.05) is 0 Å². The number of alkyl halides is 1. The molecule has 0 spiro atoms. The summed E-state index contributed by atoms with van der Waals surface area (Å²) in [6.07, 6.45) is 1.88. The van der Waals surface area contributed by atoms with Gasteiger partial charge >= 0.3 is 7.75 Å². The zero-order valence-electron chi connectivity index (χ0n) is 45.1. The number of nitrogens with zero attached hydrogens (tertiary/aromatic N) is 5. The largest absolute Gasteiger partial charge is 0.693 e. The van der Waals surface area contributed by atoms with E-state index in [1.807, 2.05) is 19.1 Å². The number of rotatable bonds is 10. The molecular formula is C53H78Br2ClF5N9O9PS4Si. The van der Waals surface area contributed by atoms with E-state index in [-0.39, 0.29) is 74.4 Å². The third kappa shape index (κ3) is 36.7. The molecule has 0 bridgehead atoms. The van der Waals surface area contributed by atoms with E-state index in [1.54, 1.807) is 81.4 Å². The molecule has 478 valence electrons. The van der Waals surface area contributed by atoms with Crippen molar-refractivity contribution in [2.24, 2.45) is 15.6 Å². The SMILES string of the molecule is C.C.C.C.CC(C)[Si](C)(S)C(C)C.CC1=NC(=S)C(F)C=C1.Cc1ccc(F)c(Br)n1.Cc1ccc(F)c(S(=O)(=O)Cl)n1.Cc1ccc(F)c(S(N)(=O)=O)n1.NP(=O)(Oc1ccccc1)Oc1ccccc1.O=COc1ccc(F)c(Br)n1.[NH2-].[NH4+]. The number of primary sulfonamides is 1. The van der Waals surface area contributed by atoms with E-state index in [4.69, 9.17) is 42.5 Å². The number of hydrogen-bond donors (Lipinski definition) is 4. The number of thiol groups is 1. The number of hydrogen-bond acceptors (Lipinski definition) is 15. The van der Waals surface area contributed by atoms with Gasteiger partial charge < -0.3 is 26.1 Å². The highest BCUT2D eigenvalue weighted by Crippen LogP contribution is 2.40. The van der Waals surface area contributed by atoms with Crippen molar-refractivity contribution in [1.29, 1.82) is 0 Å². The molecule has 0 amide bonds. The van der Waals surface area contributed by atoms with E-state index in [2.05, 4.69) is 108 Å². The number of aliphatic imine (C=N–C) groups is 1. The summed E-state index contributed by atoms with van der Waals surface area (Å²) in [7, 11) is -8.01. The minimum Gasteiger partial charge on any atom is -0.693 e. The second-order valence-electron chi connectivity index (χ2n) is 16.6. The molecule has 85 heavy (non-hydrogen) atoms. The number of carbonyl (C=O) groups excluding carboxylic acids is 1. The van der Waals surface area contributed by atoms with Crippen LogP contribution in [0.15, 0.2) is 146 Å². The standard InChI is InChI=1S/C12H12NO3P.C7H18SSi.C6H3BrFNO2.C6H5BrFN.C6H5ClFNO2S.C6H7FN2O2S.C6H6FNS.4CH4.H3N.H2N/c13-17(14,15-11-7-3-1-4-8-11)16-12-9-5-2-6-10-12;1-6(2)9(5,8)7(3)4;7-6-4(8)1-2-5(9-6)11-3-10;1-4-2-3-5(8)6(7)9-4;1-4-2-3-5(8)6(9-4)12(7,10)11;1-4-2-3-5(7)6(9-4)12(8,10)11;1-4-2-3-5(7)6(9)8-4;;;;;;/h1-10H,(H2,13,14);6-8H,1-5H3;1-3H;2-3H,1H3;2-3H,1H3;2-3H,1H3,(H2,8,10,11);2-3,5H,1H3;4*1H4;1H3;1H2/q;;;;;;;;;;;;-1/p+1. The highest BCUT2D eigenvalue weighted by atomic mass is 79.9. The van der Waals surface area contributed by atoms with Crippen LogP contribution in [0.1, 0.15) is 81.4 Å². The Hall–Kier alpha value is -4.95. The lowest BCUT2D eigenvalue weighted by molar-refractivity contribution is -0.121. The summed E-state index contributed by atoms with van der Waals surface area (Å²) < 4.78 is 132. The number of aryl methyl sites for hydroxylation is 3. The smallest absolute Gasteiger partial charge is 0.510 e. The lowest BCUT2D eigenvalue weighted by atomic mass is 10.2. The van der Waals surface area contributed by atoms with Gasteiger partial charge in [-0.3, -0.25) is 4.79 Å². The Labute approximate surface area is 531 Å². The Morgan fingerprint density at radius 1 is 0.682 bits per heavy atom. The third-order valence-corrected chi connectivity index (χ3v) is 21.8. The summed E-state index contributed by atoms with van der Waals surface area (Å²) in [4.78, 5) is 28.0. The van der Waals surface area contributed by atoms with Crippen molar-refractivity contribution >= 4 is 118 Å². The van der Waals surface area contributed by atoms with Gasteiger partial charge in [0.2, 0.25) is 15.9 Å². The van der Waals surface area contributed by atoms with Gasteiger partial charge in [0.25, 0.3) is 25.5 Å². The highest BCUT2D eigenvalue weighted by molar-refractivity contribution is 9.10.